The number of benzene rings is 3. The monoisotopic (exact) mass is 564 g/mol. The average Bonchev–Trinajstić information content (AvgIpc) is 3.65. The highest BCUT2D eigenvalue weighted by Crippen LogP contribution is 2.34. The molecule has 5 rings (SSSR count). The second-order valence-electron chi connectivity index (χ2n) is 8.66. The van der Waals surface area contributed by atoms with Crippen LogP contribution in [0.1, 0.15) is 27.0 Å². The van der Waals surface area contributed by atoms with E-state index in [1.54, 1.807) is 37.6 Å². The third kappa shape index (κ3) is 6.04. The molecule has 0 aliphatic carbocycles. The van der Waals surface area contributed by atoms with Gasteiger partial charge in [-0.05, 0) is 59.7 Å². The molecule has 7 nitrogen and oxygen atoms in total. The molecular weight excluding hydrogens is 541 g/mol. The van der Waals surface area contributed by atoms with E-state index < -0.39 is 11.7 Å². The SMILES string of the molecule is COc1ccccc1-n1c(SCc2ccc(C(=O)NCc3cccc(C(F)(F)F)c3)cc2)nnc1-c1ccco1. The summed E-state index contributed by atoms with van der Waals surface area (Å²) >= 11 is 1.46. The predicted molar refractivity (Wildman–Crippen MR) is 144 cm³/mol. The summed E-state index contributed by atoms with van der Waals surface area (Å²) in [7, 11) is 1.60. The van der Waals surface area contributed by atoms with Crippen LogP contribution >= 0.6 is 11.8 Å². The van der Waals surface area contributed by atoms with Gasteiger partial charge >= 0.3 is 6.18 Å². The number of rotatable bonds is 9. The molecule has 40 heavy (non-hydrogen) atoms. The van der Waals surface area contributed by atoms with Crippen molar-refractivity contribution in [3.05, 3.63) is 113 Å². The van der Waals surface area contributed by atoms with E-state index in [4.69, 9.17) is 9.15 Å². The Labute approximate surface area is 232 Å². The molecule has 3 aromatic carbocycles. The molecule has 2 aromatic heterocycles. The third-order valence-electron chi connectivity index (χ3n) is 5.99. The molecule has 0 atom stereocenters. The van der Waals surface area contributed by atoms with Gasteiger partial charge < -0.3 is 14.5 Å². The molecule has 0 bridgehead atoms. The number of thioether (sulfide) groups is 1. The summed E-state index contributed by atoms with van der Waals surface area (Å²) in [5.41, 5.74) is 1.71. The summed E-state index contributed by atoms with van der Waals surface area (Å²) in [5.74, 6) is 1.90. The van der Waals surface area contributed by atoms with Crippen LogP contribution in [0.5, 0.6) is 5.75 Å². The van der Waals surface area contributed by atoms with Crippen LogP contribution in [-0.2, 0) is 18.5 Å². The number of carbonyl (C=O) groups is 1. The van der Waals surface area contributed by atoms with Gasteiger partial charge in [-0.15, -0.1) is 10.2 Å². The Morgan fingerprint density at radius 1 is 0.975 bits per heavy atom. The number of methoxy groups -OCH3 is 1. The van der Waals surface area contributed by atoms with Crippen molar-refractivity contribution in [2.75, 3.05) is 7.11 Å². The number of hydrogen-bond acceptors (Lipinski definition) is 6. The van der Waals surface area contributed by atoms with Crippen molar-refractivity contribution in [1.82, 2.24) is 20.1 Å². The van der Waals surface area contributed by atoms with Crippen molar-refractivity contribution in [1.29, 1.82) is 0 Å². The topological polar surface area (TPSA) is 82.2 Å². The lowest BCUT2D eigenvalue weighted by Gasteiger charge is -2.13. The van der Waals surface area contributed by atoms with Crippen LogP contribution in [-0.4, -0.2) is 27.8 Å². The van der Waals surface area contributed by atoms with Gasteiger partial charge in [-0.1, -0.05) is 48.2 Å². The van der Waals surface area contributed by atoms with Crippen LogP contribution in [0.4, 0.5) is 13.2 Å². The summed E-state index contributed by atoms with van der Waals surface area (Å²) < 4.78 is 51.8. The van der Waals surface area contributed by atoms with Gasteiger partial charge in [-0.3, -0.25) is 9.36 Å². The minimum Gasteiger partial charge on any atom is -0.495 e. The standard InChI is InChI=1S/C29H23F3N4O3S/c1-38-24-9-3-2-8-23(24)36-26(25-10-5-15-39-25)34-35-28(36)40-18-19-11-13-21(14-12-19)27(37)33-17-20-6-4-7-22(16-20)29(30,31)32/h2-16H,17-18H2,1H3,(H,33,37). The van der Waals surface area contributed by atoms with E-state index in [1.807, 2.05) is 41.0 Å². The fourth-order valence-corrected chi connectivity index (χ4v) is 4.90. The highest BCUT2D eigenvalue weighted by atomic mass is 32.2. The molecule has 5 aromatic rings. The minimum atomic E-state index is -4.44. The molecular formula is C29H23F3N4O3S. The van der Waals surface area contributed by atoms with E-state index in [0.29, 0.717) is 39.4 Å². The lowest BCUT2D eigenvalue weighted by Crippen LogP contribution is -2.23. The Balaban J connectivity index is 1.27. The van der Waals surface area contributed by atoms with Crippen molar-refractivity contribution < 1.29 is 27.1 Å². The maximum Gasteiger partial charge on any atom is 0.416 e. The first kappa shape index (κ1) is 27.1. The van der Waals surface area contributed by atoms with Crippen LogP contribution in [0.25, 0.3) is 17.3 Å². The molecule has 0 fully saturated rings. The van der Waals surface area contributed by atoms with E-state index in [0.717, 1.165) is 23.4 Å². The summed E-state index contributed by atoms with van der Waals surface area (Å²) in [6, 6.07) is 23.0. The zero-order valence-corrected chi connectivity index (χ0v) is 22.0. The van der Waals surface area contributed by atoms with E-state index in [-0.39, 0.29) is 12.5 Å². The predicted octanol–water partition coefficient (Wildman–Crippen LogP) is 6.78. The van der Waals surface area contributed by atoms with Crippen molar-refractivity contribution in [2.45, 2.75) is 23.6 Å². The lowest BCUT2D eigenvalue weighted by atomic mass is 10.1. The largest absolute Gasteiger partial charge is 0.495 e. The summed E-state index contributed by atoms with van der Waals surface area (Å²) in [6.45, 7) is -0.0169. The molecule has 0 spiro atoms. The molecule has 0 aliphatic heterocycles. The Morgan fingerprint density at radius 3 is 2.50 bits per heavy atom. The second kappa shape index (κ2) is 11.7. The number of nitrogens with zero attached hydrogens (tertiary/aromatic N) is 3. The smallest absolute Gasteiger partial charge is 0.416 e. The van der Waals surface area contributed by atoms with Crippen molar-refractivity contribution in [2.24, 2.45) is 0 Å². The number of aromatic nitrogens is 3. The highest BCUT2D eigenvalue weighted by molar-refractivity contribution is 7.98. The van der Waals surface area contributed by atoms with Gasteiger partial charge in [0.05, 0.1) is 24.6 Å². The molecule has 1 amide bonds. The number of halogens is 3. The number of amides is 1. The number of furan rings is 1. The van der Waals surface area contributed by atoms with Gasteiger partial charge in [0.15, 0.2) is 10.9 Å². The number of carbonyl (C=O) groups excluding carboxylic acids is 1. The Morgan fingerprint density at radius 2 is 1.77 bits per heavy atom. The molecule has 0 saturated carbocycles. The number of nitrogens with one attached hydrogen (secondary N) is 1. The quantitative estimate of drug-likeness (QED) is 0.199. The summed E-state index contributed by atoms with van der Waals surface area (Å²) in [5, 5.41) is 12.0. The summed E-state index contributed by atoms with van der Waals surface area (Å²) in [4.78, 5) is 12.6. The third-order valence-corrected chi connectivity index (χ3v) is 6.99. The molecule has 1 N–H and O–H groups in total. The highest BCUT2D eigenvalue weighted by Gasteiger charge is 2.30. The maximum atomic E-state index is 12.9. The number of hydrogen-bond donors (Lipinski definition) is 1. The number of para-hydroxylation sites is 2. The molecule has 2 heterocycles. The minimum absolute atomic E-state index is 0.0169. The van der Waals surface area contributed by atoms with Crippen LogP contribution in [0, 0.1) is 0 Å². The fraction of sp³-hybridized carbons (Fsp3) is 0.138. The Kier molecular flexibility index (Phi) is 7.92. The lowest BCUT2D eigenvalue weighted by molar-refractivity contribution is -0.137. The van der Waals surface area contributed by atoms with Gasteiger partial charge in [-0.25, -0.2) is 0 Å². The maximum absolute atomic E-state index is 12.9. The molecule has 0 saturated heterocycles. The first-order valence-corrected chi connectivity index (χ1v) is 13.1. The van der Waals surface area contributed by atoms with Crippen LogP contribution in [0.2, 0.25) is 0 Å². The van der Waals surface area contributed by atoms with Crippen LogP contribution in [0.15, 0.2) is 101 Å². The van der Waals surface area contributed by atoms with Gasteiger partial charge in [0.2, 0.25) is 5.82 Å². The van der Waals surface area contributed by atoms with Gasteiger partial charge in [0, 0.05) is 17.9 Å². The normalized spacial score (nSPS) is 11.4. The number of alkyl halides is 3. The van der Waals surface area contributed by atoms with Gasteiger partial charge in [0.1, 0.15) is 5.75 Å². The number of ether oxygens (including phenoxy) is 1. The first-order chi connectivity index (χ1) is 19.3. The van der Waals surface area contributed by atoms with E-state index >= 15 is 0 Å². The summed E-state index contributed by atoms with van der Waals surface area (Å²) in [6.07, 6.45) is -2.87. The molecule has 0 unspecified atom stereocenters. The van der Waals surface area contributed by atoms with E-state index in [2.05, 4.69) is 15.5 Å². The van der Waals surface area contributed by atoms with Crippen LogP contribution < -0.4 is 10.1 Å². The average molecular weight is 565 g/mol. The molecule has 0 radical (unpaired) electrons. The van der Waals surface area contributed by atoms with Gasteiger partial charge in [-0.2, -0.15) is 13.2 Å². The van der Waals surface area contributed by atoms with Crippen molar-refractivity contribution in [3.63, 3.8) is 0 Å². The first-order valence-electron chi connectivity index (χ1n) is 12.1. The molecule has 204 valence electrons. The Hall–Kier alpha value is -4.51. The fourth-order valence-electron chi connectivity index (χ4n) is 4.00. The molecule has 0 aliphatic rings. The zero-order valence-electron chi connectivity index (χ0n) is 21.2. The van der Waals surface area contributed by atoms with Crippen molar-refractivity contribution >= 4 is 17.7 Å². The zero-order chi connectivity index (χ0) is 28.1. The molecule has 11 heteroatoms. The van der Waals surface area contributed by atoms with E-state index in [9.17, 15) is 18.0 Å². The van der Waals surface area contributed by atoms with Crippen LogP contribution in [0.3, 0.4) is 0 Å². The second-order valence-corrected chi connectivity index (χ2v) is 9.60. The Bertz CT molecular complexity index is 1600. The van der Waals surface area contributed by atoms with Gasteiger partial charge in [0.25, 0.3) is 5.91 Å². The van der Waals surface area contributed by atoms with E-state index in [1.165, 1.54) is 23.9 Å². The van der Waals surface area contributed by atoms with Crippen molar-refractivity contribution in [3.8, 4) is 23.0 Å².